The fourth-order valence-electron chi connectivity index (χ4n) is 2.97. The summed E-state index contributed by atoms with van der Waals surface area (Å²) in [6.45, 7) is 1.62. The summed E-state index contributed by atoms with van der Waals surface area (Å²) in [6, 6.07) is 4.01. The minimum Gasteiger partial charge on any atom is -0.357 e. The highest BCUT2D eigenvalue weighted by Gasteiger charge is 2.30. The Morgan fingerprint density at radius 3 is 3.08 bits per heavy atom. The monoisotopic (exact) mass is 348 g/mol. The van der Waals surface area contributed by atoms with Crippen LogP contribution in [0.1, 0.15) is 12.8 Å². The SMILES string of the molecule is CN[C@H]1CCN(c2nc(N(C)CCC#N)c3sccc3n2)C[C@@H]1F. The van der Waals surface area contributed by atoms with Gasteiger partial charge in [0.25, 0.3) is 0 Å². The largest absolute Gasteiger partial charge is 0.357 e. The summed E-state index contributed by atoms with van der Waals surface area (Å²) >= 11 is 1.58. The van der Waals surface area contributed by atoms with E-state index >= 15 is 0 Å². The number of nitriles is 1. The van der Waals surface area contributed by atoms with Crippen molar-refractivity contribution in [2.45, 2.75) is 25.1 Å². The van der Waals surface area contributed by atoms with Crippen LogP contribution in [0, 0.1) is 11.3 Å². The first kappa shape index (κ1) is 16.9. The van der Waals surface area contributed by atoms with Crippen molar-refractivity contribution >= 4 is 33.3 Å². The molecule has 1 aliphatic heterocycles. The zero-order valence-corrected chi connectivity index (χ0v) is 14.7. The van der Waals surface area contributed by atoms with Crippen LogP contribution in [0.3, 0.4) is 0 Å². The minimum absolute atomic E-state index is 0.107. The van der Waals surface area contributed by atoms with Crippen molar-refractivity contribution in [3.05, 3.63) is 11.4 Å². The van der Waals surface area contributed by atoms with Gasteiger partial charge in [0, 0.05) is 26.2 Å². The Morgan fingerprint density at radius 2 is 2.38 bits per heavy atom. The number of nitrogens with one attached hydrogen (secondary N) is 1. The Balaban J connectivity index is 1.90. The molecule has 0 aromatic carbocycles. The van der Waals surface area contributed by atoms with Gasteiger partial charge in [-0.3, -0.25) is 0 Å². The normalized spacial score (nSPS) is 21.0. The molecule has 0 unspecified atom stereocenters. The molecule has 2 atom stereocenters. The van der Waals surface area contributed by atoms with Gasteiger partial charge in [0.15, 0.2) is 5.82 Å². The number of aromatic nitrogens is 2. The Kier molecular flexibility index (Phi) is 5.11. The lowest BCUT2D eigenvalue weighted by atomic mass is 10.0. The second kappa shape index (κ2) is 7.28. The van der Waals surface area contributed by atoms with Crippen LogP contribution in [-0.2, 0) is 0 Å². The Labute approximate surface area is 144 Å². The first-order valence-electron chi connectivity index (χ1n) is 8.03. The average molecular weight is 348 g/mol. The van der Waals surface area contributed by atoms with E-state index < -0.39 is 6.17 Å². The molecule has 3 heterocycles. The third-order valence-electron chi connectivity index (χ3n) is 4.39. The van der Waals surface area contributed by atoms with Gasteiger partial charge in [-0.1, -0.05) is 0 Å². The molecule has 1 fully saturated rings. The van der Waals surface area contributed by atoms with Gasteiger partial charge in [-0.2, -0.15) is 10.2 Å². The lowest BCUT2D eigenvalue weighted by Gasteiger charge is -2.34. The predicted molar refractivity (Wildman–Crippen MR) is 95.5 cm³/mol. The van der Waals surface area contributed by atoms with Crippen LogP contribution in [0.25, 0.3) is 10.2 Å². The van der Waals surface area contributed by atoms with Crippen LogP contribution in [0.2, 0.25) is 0 Å². The van der Waals surface area contributed by atoms with E-state index in [0.717, 1.165) is 29.0 Å². The number of rotatable bonds is 5. The van der Waals surface area contributed by atoms with Crippen molar-refractivity contribution in [2.24, 2.45) is 0 Å². The fourth-order valence-corrected chi connectivity index (χ4v) is 3.85. The first-order valence-corrected chi connectivity index (χ1v) is 8.91. The lowest BCUT2D eigenvalue weighted by Crippen LogP contribution is -2.50. The third kappa shape index (κ3) is 3.28. The molecule has 1 N–H and O–H groups in total. The first-order chi connectivity index (χ1) is 11.6. The van der Waals surface area contributed by atoms with E-state index in [1.807, 2.05) is 28.3 Å². The second-order valence-electron chi connectivity index (χ2n) is 5.96. The van der Waals surface area contributed by atoms with E-state index in [2.05, 4.69) is 21.4 Å². The number of thiophene rings is 1. The zero-order valence-electron chi connectivity index (χ0n) is 13.9. The van der Waals surface area contributed by atoms with Crippen LogP contribution in [0.5, 0.6) is 0 Å². The Bertz CT molecular complexity index is 742. The van der Waals surface area contributed by atoms with Crippen molar-refractivity contribution < 1.29 is 4.39 Å². The van der Waals surface area contributed by atoms with E-state index in [9.17, 15) is 4.39 Å². The van der Waals surface area contributed by atoms with Gasteiger partial charge in [0.1, 0.15) is 6.17 Å². The molecule has 6 nitrogen and oxygen atoms in total. The number of anilines is 2. The lowest BCUT2D eigenvalue weighted by molar-refractivity contribution is 0.226. The molecule has 2 aromatic rings. The number of fused-ring (bicyclic) bond motifs is 1. The van der Waals surface area contributed by atoms with Gasteiger partial charge >= 0.3 is 0 Å². The van der Waals surface area contributed by atoms with Gasteiger partial charge in [0.2, 0.25) is 5.95 Å². The molecule has 1 aliphatic rings. The molecule has 0 spiro atoms. The highest BCUT2D eigenvalue weighted by atomic mass is 32.1. The van der Waals surface area contributed by atoms with Crippen molar-refractivity contribution in [1.29, 1.82) is 5.26 Å². The van der Waals surface area contributed by atoms with Crippen molar-refractivity contribution in [3.63, 3.8) is 0 Å². The summed E-state index contributed by atoms with van der Waals surface area (Å²) in [5.74, 6) is 1.38. The molecular weight excluding hydrogens is 327 g/mol. The molecule has 8 heteroatoms. The van der Waals surface area contributed by atoms with E-state index in [1.165, 1.54) is 0 Å². The molecule has 0 bridgehead atoms. The van der Waals surface area contributed by atoms with Gasteiger partial charge in [-0.25, -0.2) is 9.37 Å². The van der Waals surface area contributed by atoms with E-state index in [-0.39, 0.29) is 6.04 Å². The number of hydrogen-bond donors (Lipinski definition) is 1. The highest BCUT2D eigenvalue weighted by molar-refractivity contribution is 7.17. The summed E-state index contributed by atoms with van der Waals surface area (Å²) in [6.07, 6.45) is 0.218. The van der Waals surface area contributed by atoms with E-state index in [0.29, 0.717) is 25.5 Å². The molecular formula is C16H21FN6S. The molecule has 0 saturated carbocycles. The van der Waals surface area contributed by atoms with E-state index in [4.69, 9.17) is 5.26 Å². The second-order valence-corrected chi connectivity index (χ2v) is 6.87. The molecule has 1 saturated heterocycles. The number of piperidine rings is 1. The molecule has 2 aromatic heterocycles. The maximum atomic E-state index is 14.3. The summed E-state index contributed by atoms with van der Waals surface area (Å²) in [5.41, 5.74) is 0.870. The zero-order chi connectivity index (χ0) is 17.1. The van der Waals surface area contributed by atoms with Gasteiger partial charge in [-0.05, 0) is 24.9 Å². The van der Waals surface area contributed by atoms with Crippen LogP contribution < -0.4 is 15.1 Å². The molecule has 128 valence electrons. The van der Waals surface area contributed by atoms with Crippen molar-refractivity contribution in [1.82, 2.24) is 15.3 Å². The molecule has 3 rings (SSSR count). The topological polar surface area (TPSA) is 68.1 Å². The predicted octanol–water partition coefficient (Wildman–Crippen LogP) is 2.18. The average Bonchev–Trinajstić information content (AvgIpc) is 3.07. The molecule has 0 aliphatic carbocycles. The minimum atomic E-state index is -0.940. The van der Waals surface area contributed by atoms with Crippen molar-refractivity contribution in [3.8, 4) is 6.07 Å². The highest BCUT2D eigenvalue weighted by Crippen LogP contribution is 2.31. The molecule has 0 radical (unpaired) electrons. The maximum absolute atomic E-state index is 14.3. The van der Waals surface area contributed by atoms with Crippen LogP contribution in [0.4, 0.5) is 16.2 Å². The van der Waals surface area contributed by atoms with Gasteiger partial charge < -0.3 is 15.1 Å². The Hall–Kier alpha value is -1.98. The van der Waals surface area contributed by atoms with Crippen molar-refractivity contribution in [2.75, 3.05) is 43.5 Å². The Morgan fingerprint density at radius 1 is 1.54 bits per heavy atom. The fraction of sp³-hybridized carbons (Fsp3) is 0.562. The number of halogens is 1. The number of nitrogens with zero attached hydrogens (tertiary/aromatic N) is 5. The maximum Gasteiger partial charge on any atom is 0.228 e. The van der Waals surface area contributed by atoms with Crippen LogP contribution in [0.15, 0.2) is 11.4 Å². The number of alkyl halides is 1. The van der Waals surface area contributed by atoms with Crippen LogP contribution >= 0.6 is 11.3 Å². The molecule has 24 heavy (non-hydrogen) atoms. The van der Waals surface area contributed by atoms with E-state index in [1.54, 1.807) is 18.4 Å². The summed E-state index contributed by atoms with van der Waals surface area (Å²) < 4.78 is 15.3. The number of hydrogen-bond acceptors (Lipinski definition) is 7. The van der Waals surface area contributed by atoms with Crippen LogP contribution in [-0.4, -0.2) is 55.9 Å². The standard InChI is InChI=1S/C16H21FN6S/c1-19-12-4-8-23(10-11(12)17)16-20-13-5-9-24-14(13)15(21-16)22(2)7-3-6-18/h5,9,11-12,19H,3-4,7-8,10H2,1-2H3/t11-,12-/m0/s1. The quantitative estimate of drug-likeness (QED) is 0.893. The summed E-state index contributed by atoms with van der Waals surface area (Å²) in [7, 11) is 3.72. The smallest absolute Gasteiger partial charge is 0.228 e. The van der Waals surface area contributed by atoms with Gasteiger partial charge in [-0.15, -0.1) is 11.3 Å². The van der Waals surface area contributed by atoms with Gasteiger partial charge in [0.05, 0.1) is 29.3 Å². The molecule has 0 amide bonds. The summed E-state index contributed by atoms with van der Waals surface area (Å²) in [4.78, 5) is 13.2. The summed E-state index contributed by atoms with van der Waals surface area (Å²) in [5, 5.41) is 13.8. The third-order valence-corrected chi connectivity index (χ3v) is 5.29.